The smallest absolute Gasteiger partial charge is 0.410 e. The van der Waals surface area contributed by atoms with Gasteiger partial charge in [-0.25, -0.2) is 14.5 Å². The van der Waals surface area contributed by atoms with Crippen LogP contribution >= 0.6 is 23.2 Å². The van der Waals surface area contributed by atoms with E-state index in [2.05, 4.69) is 10.5 Å². The molecule has 1 saturated heterocycles. The molecule has 0 atom stereocenters. The van der Waals surface area contributed by atoms with Gasteiger partial charge in [-0.3, -0.25) is 10.2 Å². The van der Waals surface area contributed by atoms with Crippen molar-refractivity contribution in [1.82, 2.24) is 25.1 Å². The van der Waals surface area contributed by atoms with Crippen LogP contribution in [-0.2, 0) is 4.74 Å². The van der Waals surface area contributed by atoms with Gasteiger partial charge >= 0.3 is 6.09 Å². The van der Waals surface area contributed by atoms with E-state index in [4.69, 9.17) is 32.7 Å². The molecule has 0 saturated carbocycles. The number of piperazine rings is 1. The molecule has 1 N–H and O–H groups in total. The molecule has 3 aromatic rings. The second kappa shape index (κ2) is 11.0. The van der Waals surface area contributed by atoms with Gasteiger partial charge in [0.05, 0.1) is 17.8 Å². The number of rotatable bonds is 5. The van der Waals surface area contributed by atoms with E-state index in [1.807, 2.05) is 51.1 Å². The molecule has 4 rings (SSSR count). The molecule has 2 heterocycles. The minimum Gasteiger partial charge on any atom is -0.492 e. The Labute approximate surface area is 225 Å². The maximum Gasteiger partial charge on any atom is 0.410 e. The van der Waals surface area contributed by atoms with Crippen molar-refractivity contribution in [3.63, 3.8) is 0 Å². The van der Waals surface area contributed by atoms with Crippen molar-refractivity contribution in [2.75, 3.05) is 33.3 Å². The molecule has 1 aliphatic rings. The molecule has 0 aliphatic carbocycles. The molecular formula is C26H29Cl2N5O4. The number of carbonyl (C=O) groups excluding carboxylic acids is 2. The van der Waals surface area contributed by atoms with Crippen molar-refractivity contribution >= 4 is 35.2 Å². The molecule has 2 aromatic carbocycles. The van der Waals surface area contributed by atoms with Gasteiger partial charge in [0.2, 0.25) is 0 Å². The van der Waals surface area contributed by atoms with Crippen LogP contribution in [-0.4, -0.2) is 70.6 Å². The zero-order valence-electron chi connectivity index (χ0n) is 21.1. The highest BCUT2D eigenvalue weighted by molar-refractivity contribution is 6.32. The average molecular weight is 546 g/mol. The molecule has 0 unspecified atom stereocenters. The second-order valence-corrected chi connectivity index (χ2v) is 10.3. The zero-order valence-corrected chi connectivity index (χ0v) is 22.6. The molecule has 0 radical (unpaired) electrons. The van der Waals surface area contributed by atoms with Crippen LogP contribution in [0.5, 0.6) is 5.75 Å². The van der Waals surface area contributed by atoms with Gasteiger partial charge in [0, 0.05) is 36.8 Å². The van der Waals surface area contributed by atoms with Gasteiger partial charge in [0.25, 0.3) is 5.91 Å². The Balaban J connectivity index is 1.60. The minimum atomic E-state index is -0.568. The van der Waals surface area contributed by atoms with Crippen LogP contribution in [0.25, 0.3) is 16.9 Å². The van der Waals surface area contributed by atoms with Crippen LogP contribution in [0, 0.1) is 0 Å². The fourth-order valence-electron chi connectivity index (χ4n) is 3.93. The Kier molecular flexibility index (Phi) is 7.96. The maximum atomic E-state index is 13.4. The normalized spacial score (nSPS) is 14.4. The van der Waals surface area contributed by atoms with Crippen LogP contribution in [0.2, 0.25) is 10.0 Å². The molecule has 9 nitrogen and oxygen atoms in total. The van der Waals surface area contributed by atoms with Gasteiger partial charge < -0.3 is 14.4 Å². The summed E-state index contributed by atoms with van der Waals surface area (Å²) < 4.78 is 12.7. The number of hydrogen-bond acceptors (Lipinski definition) is 6. The Morgan fingerprint density at radius 2 is 1.62 bits per heavy atom. The summed E-state index contributed by atoms with van der Waals surface area (Å²) in [6, 6.07) is 14.4. The van der Waals surface area contributed by atoms with Crippen molar-refractivity contribution in [3.8, 4) is 22.7 Å². The van der Waals surface area contributed by atoms with E-state index >= 15 is 0 Å². The largest absolute Gasteiger partial charge is 0.492 e. The lowest BCUT2D eigenvalue weighted by molar-refractivity contribution is 0.00969. The van der Waals surface area contributed by atoms with E-state index in [1.54, 1.807) is 32.8 Å². The molecule has 11 heteroatoms. The summed E-state index contributed by atoms with van der Waals surface area (Å²) in [5, 5.41) is 7.40. The van der Waals surface area contributed by atoms with Crippen molar-refractivity contribution in [1.29, 1.82) is 0 Å². The van der Waals surface area contributed by atoms with Gasteiger partial charge in [-0.1, -0.05) is 47.5 Å². The molecule has 0 bridgehead atoms. The molecule has 1 aromatic heterocycles. The summed E-state index contributed by atoms with van der Waals surface area (Å²) >= 11 is 12.6. The highest BCUT2D eigenvalue weighted by atomic mass is 35.5. The van der Waals surface area contributed by atoms with E-state index in [0.29, 0.717) is 53.4 Å². The Morgan fingerprint density at radius 3 is 2.22 bits per heavy atom. The van der Waals surface area contributed by atoms with Crippen LogP contribution < -0.4 is 10.2 Å². The minimum absolute atomic E-state index is 0.0990. The SMILES string of the molecule is COc1c(C(=O)NN2CCN(C(=O)OC(C)(C)C)CC2)nn(-c2ccccc2Cl)c1-c1ccc(Cl)cc1. The highest BCUT2D eigenvalue weighted by Gasteiger charge is 2.30. The monoisotopic (exact) mass is 545 g/mol. The lowest BCUT2D eigenvalue weighted by atomic mass is 10.1. The van der Waals surface area contributed by atoms with E-state index in [-0.39, 0.29) is 11.8 Å². The number of ether oxygens (including phenoxy) is 2. The standard InChI is InChI=1S/C26H29Cl2N5O4/c1-26(2,3)37-25(35)31-13-15-32(16-14-31)30-24(34)21-23(36-4)22(17-9-11-18(27)12-10-17)33(29-21)20-8-6-5-7-19(20)28/h5-12H,13-16H2,1-4H3,(H,30,34). The van der Waals surface area contributed by atoms with Crippen molar-refractivity contribution in [2.45, 2.75) is 26.4 Å². The Bertz CT molecular complexity index is 1280. The number of para-hydroxylation sites is 1. The van der Waals surface area contributed by atoms with E-state index in [1.165, 1.54) is 7.11 Å². The number of carbonyl (C=O) groups is 2. The quantitative estimate of drug-likeness (QED) is 0.482. The summed E-state index contributed by atoms with van der Waals surface area (Å²) in [6.45, 7) is 7.18. The van der Waals surface area contributed by atoms with Crippen molar-refractivity contribution < 1.29 is 19.1 Å². The Hall–Kier alpha value is -3.27. The highest BCUT2D eigenvalue weighted by Crippen LogP contribution is 2.37. The molecular weight excluding hydrogens is 517 g/mol. The van der Waals surface area contributed by atoms with Crippen molar-refractivity contribution in [3.05, 3.63) is 64.3 Å². The lowest BCUT2D eigenvalue weighted by Gasteiger charge is -2.35. The number of nitrogens with one attached hydrogen (secondary N) is 1. The number of hydrogen-bond donors (Lipinski definition) is 1. The molecule has 1 fully saturated rings. The fourth-order valence-corrected chi connectivity index (χ4v) is 4.27. The third-order valence-electron chi connectivity index (χ3n) is 5.65. The van der Waals surface area contributed by atoms with Crippen LogP contribution in [0.15, 0.2) is 48.5 Å². The number of halogens is 2. The van der Waals surface area contributed by atoms with Crippen LogP contribution in [0.4, 0.5) is 4.79 Å². The second-order valence-electron chi connectivity index (χ2n) is 9.50. The average Bonchev–Trinajstić information content (AvgIpc) is 3.24. The van der Waals surface area contributed by atoms with Crippen LogP contribution in [0.3, 0.4) is 0 Å². The third kappa shape index (κ3) is 6.18. The molecule has 2 amide bonds. The number of methoxy groups -OCH3 is 1. The first-order valence-electron chi connectivity index (χ1n) is 11.8. The predicted octanol–water partition coefficient (Wildman–Crippen LogP) is 5.05. The summed E-state index contributed by atoms with van der Waals surface area (Å²) in [7, 11) is 1.49. The lowest BCUT2D eigenvalue weighted by Crippen LogP contribution is -2.55. The Morgan fingerprint density at radius 1 is 0.973 bits per heavy atom. The first kappa shape index (κ1) is 26.8. The summed E-state index contributed by atoms with van der Waals surface area (Å²) in [4.78, 5) is 27.4. The fraction of sp³-hybridized carbons (Fsp3) is 0.346. The van der Waals surface area contributed by atoms with Gasteiger partial charge in [0.15, 0.2) is 11.4 Å². The number of aromatic nitrogens is 2. The summed E-state index contributed by atoms with van der Waals surface area (Å²) in [5.74, 6) is -0.143. The van der Waals surface area contributed by atoms with Crippen molar-refractivity contribution in [2.24, 2.45) is 0 Å². The van der Waals surface area contributed by atoms with Gasteiger partial charge in [-0.05, 0) is 45.0 Å². The van der Waals surface area contributed by atoms with E-state index in [0.717, 1.165) is 5.56 Å². The first-order valence-corrected chi connectivity index (χ1v) is 12.5. The first-order chi connectivity index (χ1) is 17.6. The number of nitrogens with zero attached hydrogens (tertiary/aromatic N) is 4. The predicted molar refractivity (Wildman–Crippen MR) is 142 cm³/mol. The number of benzene rings is 2. The number of hydrazine groups is 1. The van der Waals surface area contributed by atoms with Crippen LogP contribution in [0.1, 0.15) is 31.3 Å². The molecule has 0 spiro atoms. The zero-order chi connectivity index (χ0) is 26.7. The van der Waals surface area contributed by atoms with Gasteiger partial charge in [-0.2, -0.15) is 5.10 Å². The van der Waals surface area contributed by atoms with Gasteiger partial charge in [-0.15, -0.1) is 0 Å². The number of amides is 2. The molecule has 37 heavy (non-hydrogen) atoms. The maximum absolute atomic E-state index is 13.4. The molecule has 1 aliphatic heterocycles. The third-order valence-corrected chi connectivity index (χ3v) is 6.22. The summed E-state index contributed by atoms with van der Waals surface area (Å²) in [5.41, 5.74) is 4.33. The van der Waals surface area contributed by atoms with E-state index in [9.17, 15) is 9.59 Å². The van der Waals surface area contributed by atoms with Gasteiger partial charge in [0.1, 0.15) is 11.3 Å². The summed E-state index contributed by atoms with van der Waals surface area (Å²) in [6.07, 6.45) is -0.369. The van der Waals surface area contributed by atoms with E-state index < -0.39 is 11.5 Å². The topological polar surface area (TPSA) is 88.9 Å². The molecule has 196 valence electrons.